The van der Waals surface area contributed by atoms with E-state index < -0.39 is 53.0 Å². The maximum atomic E-state index is 14.2. The van der Waals surface area contributed by atoms with Crippen LogP contribution < -0.4 is 5.32 Å². The summed E-state index contributed by atoms with van der Waals surface area (Å²) in [4.78, 5) is 101. The van der Waals surface area contributed by atoms with Crippen molar-refractivity contribution >= 4 is 58.0 Å². The third kappa shape index (κ3) is 11.7. The number of H-pyrrole nitrogens is 1. The van der Waals surface area contributed by atoms with Crippen molar-refractivity contribution in [2.24, 2.45) is 0 Å². The number of Topliss-reactive ketones (excluding diaryl/α,β-unsaturated/α-hetero) is 1. The Kier molecular flexibility index (Phi) is 14.7. The number of ketones is 1. The van der Waals surface area contributed by atoms with Gasteiger partial charge < -0.3 is 34.7 Å². The lowest BCUT2D eigenvalue weighted by Crippen LogP contribution is -2.45. The van der Waals surface area contributed by atoms with Crippen molar-refractivity contribution in [3.63, 3.8) is 0 Å². The van der Waals surface area contributed by atoms with E-state index in [1.807, 2.05) is 12.1 Å². The SMILES string of the molecule is CC(C)(C)OC(=O)C[C@@H](C(=O)N1CCC[C@H]1C(=O)Cc1ccc2[nH]c(-c3ccc(NC(=O)[C@@H]4CCCN4C(=O)[C@H](CC(=O)OC(C)(C)C)c4ccccc4)cc3)c(C(=O)O)c2c1)c1ccccc1. The number of ether oxygens (including phenoxy) is 2. The molecule has 0 aliphatic carbocycles. The third-order valence-electron chi connectivity index (χ3n) is 12.2. The molecule has 3 N–H and O–H groups in total. The molecule has 68 heavy (non-hydrogen) atoms. The zero-order valence-corrected chi connectivity index (χ0v) is 39.5. The van der Waals surface area contributed by atoms with E-state index in [9.17, 15) is 38.7 Å². The molecule has 5 aromatic rings. The van der Waals surface area contributed by atoms with Crippen LogP contribution in [0.25, 0.3) is 22.2 Å². The Morgan fingerprint density at radius 2 is 1.18 bits per heavy atom. The van der Waals surface area contributed by atoms with E-state index in [1.54, 1.807) is 137 Å². The lowest BCUT2D eigenvalue weighted by molar-refractivity contribution is -0.158. The number of carboxylic acid groups (broad SMARTS) is 1. The van der Waals surface area contributed by atoms with Crippen molar-refractivity contribution in [3.05, 3.63) is 125 Å². The van der Waals surface area contributed by atoms with Crippen LogP contribution in [0, 0.1) is 0 Å². The molecule has 2 aliphatic heterocycles. The second-order valence-corrected chi connectivity index (χ2v) is 19.7. The third-order valence-corrected chi connectivity index (χ3v) is 12.2. The van der Waals surface area contributed by atoms with Gasteiger partial charge in [0.2, 0.25) is 17.7 Å². The normalized spacial score (nSPS) is 17.1. The Balaban J connectivity index is 1.04. The maximum absolute atomic E-state index is 14.2. The smallest absolute Gasteiger partial charge is 0.338 e. The lowest BCUT2D eigenvalue weighted by atomic mass is 9.93. The molecule has 1 aromatic heterocycles. The summed E-state index contributed by atoms with van der Waals surface area (Å²) in [7, 11) is 0. The van der Waals surface area contributed by atoms with Gasteiger partial charge in [-0.15, -0.1) is 0 Å². The largest absolute Gasteiger partial charge is 0.478 e. The monoisotopic (exact) mass is 924 g/mol. The first kappa shape index (κ1) is 48.8. The van der Waals surface area contributed by atoms with Crippen LogP contribution in [0.3, 0.4) is 0 Å². The molecule has 4 aromatic carbocycles. The molecule has 2 aliphatic rings. The zero-order chi connectivity index (χ0) is 48.9. The van der Waals surface area contributed by atoms with Crippen LogP contribution in [-0.2, 0) is 44.7 Å². The van der Waals surface area contributed by atoms with Gasteiger partial charge in [0.1, 0.15) is 17.2 Å². The minimum atomic E-state index is -1.18. The zero-order valence-electron chi connectivity index (χ0n) is 39.5. The Labute approximate surface area is 396 Å². The molecule has 4 atom stereocenters. The van der Waals surface area contributed by atoms with Gasteiger partial charge in [-0.25, -0.2) is 4.79 Å². The van der Waals surface area contributed by atoms with Crippen molar-refractivity contribution in [1.82, 2.24) is 14.8 Å². The van der Waals surface area contributed by atoms with Gasteiger partial charge in [-0.2, -0.15) is 0 Å². The van der Waals surface area contributed by atoms with Crippen LogP contribution in [0.2, 0.25) is 0 Å². The average Bonchev–Trinajstić information content (AvgIpc) is 4.06. The first-order chi connectivity index (χ1) is 32.3. The van der Waals surface area contributed by atoms with Crippen molar-refractivity contribution in [1.29, 1.82) is 0 Å². The van der Waals surface area contributed by atoms with Gasteiger partial charge in [0.25, 0.3) is 0 Å². The van der Waals surface area contributed by atoms with Gasteiger partial charge in [0, 0.05) is 36.1 Å². The first-order valence-electron chi connectivity index (χ1n) is 23.2. The molecule has 3 amide bonds. The summed E-state index contributed by atoms with van der Waals surface area (Å²) in [5.74, 6) is -5.08. The molecule has 14 heteroatoms. The van der Waals surface area contributed by atoms with Gasteiger partial charge in [-0.05, 0) is 114 Å². The molecule has 356 valence electrons. The van der Waals surface area contributed by atoms with E-state index in [0.29, 0.717) is 83.3 Å². The number of benzene rings is 4. The molecule has 0 unspecified atom stereocenters. The number of carbonyl (C=O) groups is 7. The molecule has 0 saturated carbocycles. The first-order valence-corrected chi connectivity index (χ1v) is 23.2. The number of nitrogens with zero attached hydrogens (tertiary/aromatic N) is 2. The van der Waals surface area contributed by atoms with Crippen LogP contribution in [0.4, 0.5) is 5.69 Å². The number of aromatic nitrogens is 1. The Morgan fingerprint density at radius 1 is 0.676 bits per heavy atom. The van der Waals surface area contributed by atoms with E-state index in [-0.39, 0.29) is 48.3 Å². The number of nitrogens with one attached hydrogen (secondary N) is 2. The number of anilines is 1. The van der Waals surface area contributed by atoms with Gasteiger partial charge in [0.15, 0.2) is 5.78 Å². The highest BCUT2D eigenvalue weighted by molar-refractivity contribution is 6.10. The lowest BCUT2D eigenvalue weighted by Gasteiger charge is -2.29. The van der Waals surface area contributed by atoms with Gasteiger partial charge in [-0.1, -0.05) is 78.9 Å². The van der Waals surface area contributed by atoms with E-state index in [0.717, 1.165) is 0 Å². The van der Waals surface area contributed by atoms with E-state index in [2.05, 4.69) is 10.3 Å². The predicted molar refractivity (Wildman–Crippen MR) is 257 cm³/mol. The molecule has 2 saturated heterocycles. The number of amides is 3. The molecule has 0 radical (unpaired) electrons. The molecular weight excluding hydrogens is 865 g/mol. The summed E-state index contributed by atoms with van der Waals surface area (Å²) in [5.41, 5.74) is 2.31. The number of carboxylic acids is 1. The number of rotatable bonds is 15. The summed E-state index contributed by atoms with van der Waals surface area (Å²) in [6.07, 6.45) is 1.75. The van der Waals surface area contributed by atoms with E-state index in [4.69, 9.17) is 9.47 Å². The average molecular weight is 925 g/mol. The summed E-state index contributed by atoms with van der Waals surface area (Å²) < 4.78 is 11.1. The Morgan fingerprint density at radius 3 is 1.68 bits per heavy atom. The fraction of sp³-hybridized carbons (Fsp3) is 0.389. The number of hydrogen-bond donors (Lipinski definition) is 3. The fourth-order valence-electron chi connectivity index (χ4n) is 9.29. The van der Waals surface area contributed by atoms with Crippen LogP contribution in [0.5, 0.6) is 0 Å². The van der Waals surface area contributed by atoms with E-state index >= 15 is 0 Å². The molecule has 2 fully saturated rings. The van der Waals surface area contributed by atoms with Crippen molar-refractivity contribution in [2.75, 3.05) is 18.4 Å². The highest BCUT2D eigenvalue weighted by Crippen LogP contribution is 2.35. The minimum Gasteiger partial charge on any atom is -0.478 e. The summed E-state index contributed by atoms with van der Waals surface area (Å²) >= 11 is 0. The number of hydrogen-bond acceptors (Lipinski definition) is 9. The number of likely N-dealkylation sites (tertiary alicyclic amines) is 2. The summed E-state index contributed by atoms with van der Waals surface area (Å²) in [6, 6.07) is 28.4. The molecule has 0 bridgehead atoms. The molecule has 3 heterocycles. The number of fused-ring (bicyclic) bond motifs is 1. The number of esters is 2. The maximum Gasteiger partial charge on any atom is 0.338 e. The molecule has 14 nitrogen and oxygen atoms in total. The second-order valence-electron chi connectivity index (χ2n) is 19.7. The summed E-state index contributed by atoms with van der Waals surface area (Å²) in [6.45, 7) is 11.3. The highest BCUT2D eigenvalue weighted by Gasteiger charge is 2.40. The molecule has 7 rings (SSSR count). The second kappa shape index (κ2) is 20.4. The molecular formula is C54H60N4O10. The summed E-state index contributed by atoms with van der Waals surface area (Å²) in [5, 5.41) is 13.8. The standard InChI is InChI=1S/C54H60N4O10/c1-53(2,3)67-45(60)31-38(34-15-9-7-10-16-34)50(63)57-27-13-19-42(57)44(59)30-33-21-26-41-40(29-33)47(52(65)66)48(56-41)36-22-24-37(25-23-36)55-49(62)43-20-14-28-58(43)51(64)39(35-17-11-8-12-18-35)32-46(61)68-54(4,5)6/h7-12,15-18,21-26,29,38-39,42-43,56H,13-14,19-20,27-28,30-32H2,1-6H3,(H,55,62)(H,65,66)/t38-,39-,42+,43+/m1/s1. The number of aromatic amines is 1. The number of carbonyl (C=O) groups excluding carboxylic acids is 6. The Bertz CT molecular complexity index is 2680. The quantitative estimate of drug-likeness (QED) is 0.0857. The molecule has 0 spiro atoms. The topological polar surface area (TPSA) is 192 Å². The predicted octanol–water partition coefficient (Wildman–Crippen LogP) is 8.60. The van der Waals surface area contributed by atoms with Crippen molar-refractivity contribution < 1.29 is 48.1 Å². The van der Waals surface area contributed by atoms with Crippen molar-refractivity contribution in [2.45, 2.75) is 122 Å². The van der Waals surface area contributed by atoms with Crippen LogP contribution in [0.15, 0.2) is 103 Å². The number of aromatic carboxylic acids is 1. The van der Waals surface area contributed by atoms with Gasteiger partial charge in [0.05, 0.1) is 42.0 Å². The Hall–Kier alpha value is -7.09. The van der Waals surface area contributed by atoms with Crippen LogP contribution in [0.1, 0.15) is 119 Å². The van der Waals surface area contributed by atoms with Crippen LogP contribution in [-0.4, -0.2) is 97.7 Å². The van der Waals surface area contributed by atoms with Gasteiger partial charge in [-0.3, -0.25) is 28.8 Å². The minimum absolute atomic E-state index is 0.0102. The highest BCUT2D eigenvalue weighted by atomic mass is 16.6. The fourth-order valence-corrected chi connectivity index (χ4v) is 9.29. The van der Waals surface area contributed by atoms with Crippen LogP contribution >= 0.6 is 0 Å². The van der Waals surface area contributed by atoms with E-state index in [1.165, 1.54) is 4.90 Å². The van der Waals surface area contributed by atoms with Gasteiger partial charge >= 0.3 is 17.9 Å². The van der Waals surface area contributed by atoms with Crippen molar-refractivity contribution in [3.8, 4) is 11.3 Å².